The van der Waals surface area contributed by atoms with Crippen LogP contribution in [-0.4, -0.2) is 52.6 Å². The lowest BCUT2D eigenvalue weighted by molar-refractivity contribution is 0.0690. The number of aromatic carboxylic acids is 1. The molecule has 0 aliphatic rings. The molecule has 0 spiro atoms. The molecule has 1 rings (SSSR count). The summed E-state index contributed by atoms with van der Waals surface area (Å²) >= 11 is 0. The van der Waals surface area contributed by atoms with Crippen molar-refractivity contribution in [1.82, 2.24) is 14.9 Å². The number of anilines is 1. The number of carboxylic acid groups (broad SMARTS) is 1. The van der Waals surface area contributed by atoms with E-state index in [9.17, 15) is 4.79 Å². The lowest BCUT2D eigenvalue weighted by Gasteiger charge is -2.24. The Balaban J connectivity index is 2.69. The van der Waals surface area contributed by atoms with E-state index >= 15 is 0 Å². The maximum Gasteiger partial charge on any atom is 0.356 e. The van der Waals surface area contributed by atoms with Crippen LogP contribution in [0.3, 0.4) is 0 Å². The summed E-state index contributed by atoms with van der Waals surface area (Å²) in [6.45, 7) is 5.23. The largest absolute Gasteiger partial charge is 0.476 e. The molecule has 0 aromatic carbocycles. The highest BCUT2D eigenvalue weighted by atomic mass is 16.4. The van der Waals surface area contributed by atoms with Crippen LogP contribution in [0.2, 0.25) is 0 Å². The van der Waals surface area contributed by atoms with Crippen LogP contribution in [0.15, 0.2) is 12.4 Å². The highest BCUT2D eigenvalue weighted by Gasteiger charge is 2.13. The second-order valence-electron chi connectivity index (χ2n) is 5.33. The molecule has 106 valence electrons. The van der Waals surface area contributed by atoms with Crippen LogP contribution in [0.5, 0.6) is 0 Å². The second kappa shape index (κ2) is 7.04. The number of likely N-dealkylation sites (N-methyl/N-ethyl adjacent to an activating group) is 1. The zero-order valence-corrected chi connectivity index (χ0v) is 11.9. The predicted octanol–water partition coefficient (Wildman–Crippen LogP) is 1.56. The van der Waals surface area contributed by atoms with Crippen LogP contribution < -0.4 is 5.32 Å². The van der Waals surface area contributed by atoms with Crippen LogP contribution in [0.4, 0.5) is 5.82 Å². The van der Waals surface area contributed by atoms with E-state index in [1.54, 1.807) is 0 Å². The molecule has 0 amide bonds. The lowest BCUT2D eigenvalue weighted by Crippen LogP contribution is -2.33. The first-order chi connectivity index (χ1) is 8.88. The van der Waals surface area contributed by atoms with Crippen LogP contribution in [0.1, 0.15) is 30.8 Å². The van der Waals surface area contributed by atoms with E-state index in [1.807, 2.05) is 14.1 Å². The Morgan fingerprint density at radius 3 is 2.47 bits per heavy atom. The van der Waals surface area contributed by atoms with Gasteiger partial charge in [0.05, 0.1) is 12.4 Å². The topological polar surface area (TPSA) is 78.4 Å². The fourth-order valence-electron chi connectivity index (χ4n) is 1.91. The number of nitrogens with one attached hydrogen (secondary N) is 1. The maximum absolute atomic E-state index is 10.7. The molecule has 0 radical (unpaired) electrons. The SMILES string of the molecule is CC(C)CC(CN(C)C)Nc1cnc(C(=O)O)cn1. The summed E-state index contributed by atoms with van der Waals surface area (Å²) in [5, 5.41) is 12.1. The molecule has 0 saturated carbocycles. The van der Waals surface area contributed by atoms with E-state index in [-0.39, 0.29) is 11.7 Å². The number of carbonyl (C=O) groups is 1. The fraction of sp³-hybridized carbons (Fsp3) is 0.615. The molecule has 2 N–H and O–H groups in total. The predicted molar refractivity (Wildman–Crippen MR) is 74.4 cm³/mol. The number of aromatic nitrogens is 2. The van der Waals surface area contributed by atoms with Crippen molar-refractivity contribution in [1.29, 1.82) is 0 Å². The van der Waals surface area contributed by atoms with Crippen LogP contribution in [-0.2, 0) is 0 Å². The molecule has 1 atom stereocenters. The average Bonchev–Trinajstić information content (AvgIpc) is 2.27. The van der Waals surface area contributed by atoms with Crippen LogP contribution in [0.25, 0.3) is 0 Å². The van der Waals surface area contributed by atoms with E-state index in [1.165, 1.54) is 12.4 Å². The Bertz CT molecular complexity index is 394. The molecule has 19 heavy (non-hydrogen) atoms. The summed E-state index contributed by atoms with van der Waals surface area (Å²) in [6.07, 6.45) is 3.75. The van der Waals surface area contributed by atoms with Gasteiger partial charge < -0.3 is 15.3 Å². The molecule has 1 unspecified atom stereocenters. The van der Waals surface area contributed by atoms with Crippen molar-refractivity contribution < 1.29 is 9.90 Å². The molecule has 6 heteroatoms. The maximum atomic E-state index is 10.7. The van der Waals surface area contributed by atoms with E-state index in [4.69, 9.17) is 5.11 Å². The van der Waals surface area contributed by atoms with Crippen molar-refractivity contribution in [3.05, 3.63) is 18.1 Å². The molecule has 0 aliphatic heterocycles. The minimum absolute atomic E-state index is 0.0430. The Labute approximate surface area is 113 Å². The molecule has 1 aromatic heterocycles. The summed E-state index contributed by atoms with van der Waals surface area (Å²) in [4.78, 5) is 20.7. The Hall–Kier alpha value is -1.69. The van der Waals surface area contributed by atoms with Crippen LogP contribution in [0, 0.1) is 5.92 Å². The fourth-order valence-corrected chi connectivity index (χ4v) is 1.91. The average molecular weight is 266 g/mol. The van der Waals surface area contributed by atoms with E-state index in [0.29, 0.717) is 11.7 Å². The van der Waals surface area contributed by atoms with Gasteiger partial charge in [-0.1, -0.05) is 13.8 Å². The first-order valence-electron chi connectivity index (χ1n) is 6.35. The zero-order chi connectivity index (χ0) is 14.4. The third-order valence-electron chi connectivity index (χ3n) is 2.56. The monoisotopic (exact) mass is 266 g/mol. The lowest BCUT2D eigenvalue weighted by atomic mass is 10.0. The van der Waals surface area contributed by atoms with Crippen molar-refractivity contribution in [2.45, 2.75) is 26.3 Å². The number of hydrogen-bond donors (Lipinski definition) is 2. The summed E-state index contributed by atoms with van der Waals surface area (Å²) in [5.41, 5.74) is -0.0430. The van der Waals surface area contributed by atoms with Crippen molar-refractivity contribution in [2.75, 3.05) is 26.0 Å². The van der Waals surface area contributed by atoms with Gasteiger partial charge in [-0.3, -0.25) is 0 Å². The van der Waals surface area contributed by atoms with Gasteiger partial charge in [0.1, 0.15) is 5.82 Å². The molecule has 0 aliphatic carbocycles. The number of rotatable bonds is 7. The minimum atomic E-state index is -1.06. The highest BCUT2D eigenvalue weighted by Crippen LogP contribution is 2.11. The standard InChI is InChI=1S/C13H22N4O2/c1-9(2)5-10(8-17(3)4)16-12-7-14-11(6-15-12)13(18)19/h6-7,9-10H,5,8H2,1-4H3,(H,15,16)(H,18,19). The molecule has 6 nitrogen and oxygen atoms in total. The molecular formula is C13H22N4O2. The zero-order valence-electron chi connectivity index (χ0n) is 11.9. The number of carboxylic acids is 1. The molecule has 0 saturated heterocycles. The molecule has 1 aromatic rings. The van der Waals surface area contributed by atoms with Gasteiger partial charge in [-0.05, 0) is 26.4 Å². The summed E-state index contributed by atoms with van der Waals surface area (Å²) in [5.74, 6) is 0.118. The van der Waals surface area contributed by atoms with Crippen molar-refractivity contribution in [3.8, 4) is 0 Å². The van der Waals surface area contributed by atoms with E-state index in [0.717, 1.165) is 13.0 Å². The van der Waals surface area contributed by atoms with Gasteiger partial charge in [-0.2, -0.15) is 0 Å². The molecule has 0 bridgehead atoms. The highest BCUT2D eigenvalue weighted by molar-refractivity contribution is 5.84. The van der Waals surface area contributed by atoms with Crippen molar-refractivity contribution >= 4 is 11.8 Å². The second-order valence-corrected chi connectivity index (χ2v) is 5.33. The Morgan fingerprint density at radius 1 is 1.37 bits per heavy atom. The van der Waals surface area contributed by atoms with Gasteiger partial charge >= 0.3 is 5.97 Å². The summed E-state index contributed by atoms with van der Waals surface area (Å²) in [7, 11) is 4.04. The van der Waals surface area contributed by atoms with Gasteiger partial charge in [0.2, 0.25) is 0 Å². The summed E-state index contributed by atoms with van der Waals surface area (Å²) in [6, 6.07) is 0.264. The quantitative estimate of drug-likeness (QED) is 0.780. The van der Waals surface area contributed by atoms with Gasteiger partial charge in [-0.15, -0.1) is 0 Å². The smallest absolute Gasteiger partial charge is 0.356 e. The van der Waals surface area contributed by atoms with Gasteiger partial charge in [-0.25, -0.2) is 14.8 Å². The number of hydrogen-bond acceptors (Lipinski definition) is 5. The van der Waals surface area contributed by atoms with E-state index < -0.39 is 5.97 Å². The Morgan fingerprint density at radius 2 is 2.05 bits per heavy atom. The van der Waals surface area contributed by atoms with Gasteiger partial charge in [0, 0.05) is 12.6 Å². The molecule has 0 fully saturated rings. The Kier molecular flexibility index (Phi) is 5.69. The van der Waals surface area contributed by atoms with Crippen molar-refractivity contribution in [2.24, 2.45) is 5.92 Å². The van der Waals surface area contributed by atoms with E-state index in [2.05, 4.69) is 34.0 Å². The summed E-state index contributed by atoms with van der Waals surface area (Å²) < 4.78 is 0. The van der Waals surface area contributed by atoms with Gasteiger partial charge in [0.15, 0.2) is 5.69 Å². The molecule has 1 heterocycles. The first kappa shape index (κ1) is 15.4. The number of nitrogens with zero attached hydrogens (tertiary/aromatic N) is 3. The minimum Gasteiger partial charge on any atom is -0.476 e. The first-order valence-corrected chi connectivity index (χ1v) is 6.35. The molecular weight excluding hydrogens is 244 g/mol. The normalized spacial score (nSPS) is 12.7. The third-order valence-corrected chi connectivity index (χ3v) is 2.56. The van der Waals surface area contributed by atoms with Crippen molar-refractivity contribution in [3.63, 3.8) is 0 Å². The van der Waals surface area contributed by atoms with Gasteiger partial charge in [0.25, 0.3) is 0 Å². The third kappa shape index (κ3) is 5.65. The van der Waals surface area contributed by atoms with Crippen LogP contribution >= 0.6 is 0 Å².